The first-order valence-electron chi connectivity index (χ1n) is 5.02. The molecule has 1 aromatic carbocycles. The summed E-state index contributed by atoms with van der Waals surface area (Å²) in [6, 6.07) is 12.7. The maximum atomic E-state index is 10.6. The van der Waals surface area contributed by atoms with E-state index in [-0.39, 0.29) is 5.69 Å². The summed E-state index contributed by atoms with van der Waals surface area (Å²) in [6.07, 6.45) is 1.46. The van der Waals surface area contributed by atoms with Crippen LogP contribution < -0.4 is 0 Å². The lowest BCUT2D eigenvalue weighted by Crippen LogP contribution is -1.99. The van der Waals surface area contributed by atoms with Gasteiger partial charge in [-0.05, 0) is 24.3 Å². The zero-order chi connectivity index (χ0) is 12.1. The van der Waals surface area contributed by atoms with Gasteiger partial charge in [-0.25, -0.2) is 9.78 Å². The van der Waals surface area contributed by atoms with E-state index in [1.807, 2.05) is 30.3 Å². The fourth-order valence-corrected chi connectivity index (χ4v) is 1.26. The predicted molar refractivity (Wildman–Crippen MR) is 63.6 cm³/mol. The lowest BCUT2D eigenvalue weighted by Gasteiger charge is -1.92. The molecule has 0 aliphatic carbocycles. The average molecular weight is 223 g/mol. The molecule has 0 saturated heterocycles. The van der Waals surface area contributed by atoms with E-state index in [0.29, 0.717) is 5.56 Å². The number of pyridine rings is 1. The fraction of sp³-hybridized carbons (Fsp3) is 0. The van der Waals surface area contributed by atoms with Gasteiger partial charge in [-0.2, -0.15) is 0 Å². The third kappa shape index (κ3) is 2.93. The Morgan fingerprint density at radius 1 is 1.00 bits per heavy atom. The summed E-state index contributed by atoms with van der Waals surface area (Å²) in [6.45, 7) is 0. The number of nitrogens with zero attached hydrogens (tertiary/aromatic N) is 1. The number of carboxylic acid groups (broad SMARTS) is 1. The summed E-state index contributed by atoms with van der Waals surface area (Å²) in [4.78, 5) is 14.4. The molecule has 0 saturated carbocycles. The van der Waals surface area contributed by atoms with Crippen molar-refractivity contribution in [2.24, 2.45) is 0 Å². The van der Waals surface area contributed by atoms with Gasteiger partial charge in [0, 0.05) is 17.3 Å². The normalized spacial score (nSPS) is 9.18. The van der Waals surface area contributed by atoms with Crippen LogP contribution >= 0.6 is 0 Å². The van der Waals surface area contributed by atoms with Gasteiger partial charge in [0.1, 0.15) is 5.69 Å². The molecule has 0 bridgehead atoms. The fourth-order valence-electron chi connectivity index (χ4n) is 1.26. The van der Waals surface area contributed by atoms with Gasteiger partial charge in [-0.15, -0.1) is 0 Å². The minimum Gasteiger partial charge on any atom is -0.477 e. The number of hydrogen-bond acceptors (Lipinski definition) is 2. The molecule has 0 fully saturated rings. The molecule has 3 heteroatoms. The summed E-state index contributed by atoms with van der Waals surface area (Å²) in [7, 11) is 0. The third-order valence-electron chi connectivity index (χ3n) is 2.11. The van der Waals surface area contributed by atoms with Crippen LogP contribution in [0.4, 0.5) is 0 Å². The van der Waals surface area contributed by atoms with Crippen LogP contribution in [0.3, 0.4) is 0 Å². The molecule has 17 heavy (non-hydrogen) atoms. The van der Waals surface area contributed by atoms with Gasteiger partial charge < -0.3 is 5.11 Å². The van der Waals surface area contributed by atoms with Crippen molar-refractivity contribution in [2.75, 3.05) is 0 Å². The third-order valence-corrected chi connectivity index (χ3v) is 2.11. The zero-order valence-corrected chi connectivity index (χ0v) is 8.92. The van der Waals surface area contributed by atoms with E-state index >= 15 is 0 Å². The van der Waals surface area contributed by atoms with Crippen molar-refractivity contribution < 1.29 is 9.90 Å². The summed E-state index contributed by atoms with van der Waals surface area (Å²) >= 11 is 0. The second kappa shape index (κ2) is 4.95. The van der Waals surface area contributed by atoms with Gasteiger partial charge in [0.05, 0.1) is 0 Å². The topological polar surface area (TPSA) is 50.2 Å². The number of aromatic nitrogens is 1. The van der Waals surface area contributed by atoms with Gasteiger partial charge in [0.2, 0.25) is 0 Å². The number of rotatable bonds is 1. The summed E-state index contributed by atoms with van der Waals surface area (Å²) in [5, 5.41) is 8.69. The van der Waals surface area contributed by atoms with Gasteiger partial charge in [0.15, 0.2) is 0 Å². The molecule has 0 radical (unpaired) electrons. The molecule has 0 unspecified atom stereocenters. The Morgan fingerprint density at radius 3 is 2.29 bits per heavy atom. The van der Waals surface area contributed by atoms with E-state index in [1.165, 1.54) is 12.3 Å². The van der Waals surface area contributed by atoms with Crippen molar-refractivity contribution in [1.29, 1.82) is 0 Å². The Balaban J connectivity index is 2.20. The van der Waals surface area contributed by atoms with Crippen LogP contribution in [0.5, 0.6) is 0 Å². The summed E-state index contributed by atoms with van der Waals surface area (Å²) in [5.74, 6) is 4.86. The Morgan fingerprint density at radius 2 is 1.71 bits per heavy atom. The highest BCUT2D eigenvalue weighted by Crippen LogP contribution is 2.00. The Labute approximate surface area is 98.8 Å². The molecular formula is C14H9NO2. The van der Waals surface area contributed by atoms with E-state index in [1.54, 1.807) is 6.07 Å². The summed E-state index contributed by atoms with van der Waals surface area (Å²) < 4.78 is 0. The quantitative estimate of drug-likeness (QED) is 0.754. The smallest absolute Gasteiger partial charge is 0.354 e. The zero-order valence-electron chi connectivity index (χ0n) is 8.92. The van der Waals surface area contributed by atoms with Gasteiger partial charge in [0.25, 0.3) is 0 Å². The van der Waals surface area contributed by atoms with Crippen molar-refractivity contribution in [2.45, 2.75) is 0 Å². The Kier molecular flexibility index (Phi) is 3.18. The minimum absolute atomic E-state index is 0.0234. The van der Waals surface area contributed by atoms with Crippen LogP contribution in [0.25, 0.3) is 0 Å². The highest BCUT2D eigenvalue weighted by molar-refractivity contribution is 5.85. The molecule has 2 rings (SSSR count). The first-order chi connectivity index (χ1) is 8.25. The van der Waals surface area contributed by atoms with E-state index in [4.69, 9.17) is 5.11 Å². The van der Waals surface area contributed by atoms with Crippen LogP contribution in [0, 0.1) is 11.8 Å². The van der Waals surface area contributed by atoms with Crippen molar-refractivity contribution in [3.63, 3.8) is 0 Å². The maximum absolute atomic E-state index is 10.6. The molecule has 1 heterocycles. The molecule has 0 aliphatic rings. The SMILES string of the molecule is O=C(O)c1ccc(C#Cc2ccccc2)cn1. The van der Waals surface area contributed by atoms with Crippen LogP contribution in [-0.4, -0.2) is 16.1 Å². The maximum Gasteiger partial charge on any atom is 0.354 e. The summed E-state index contributed by atoms with van der Waals surface area (Å²) in [5.41, 5.74) is 1.63. The molecule has 0 amide bonds. The molecule has 1 aromatic heterocycles. The number of carbonyl (C=O) groups is 1. The van der Waals surface area contributed by atoms with Crippen LogP contribution in [0.1, 0.15) is 21.6 Å². The molecule has 2 aromatic rings. The van der Waals surface area contributed by atoms with E-state index in [0.717, 1.165) is 5.56 Å². The monoisotopic (exact) mass is 223 g/mol. The largest absolute Gasteiger partial charge is 0.477 e. The lowest BCUT2D eigenvalue weighted by atomic mass is 10.2. The van der Waals surface area contributed by atoms with E-state index in [9.17, 15) is 4.79 Å². The molecule has 1 N–H and O–H groups in total. The van der Waals surface area contributed by atoms with Gasteiger partial charge in [-0.3, -0.25) is 0 Å². The lowest BCUT2D eigenvalue weighted by molar-refractivity contribution is 0.0690. The molecular weight excluding hydrogens is 214 g/mol. The highest BCUT2D eigenvalue weighted by Gasteiger charge is 2.01. The molecule has 0 aliphatic heterocycles. The van der Waals surface area contributed by atoms with Gasteiger partial charge >= 0.3 is 5.97 Å². The van der Waals surface area contributed by atoms with Crippen LogP contribution in [0.15, 0.2) is 48.7 Å². The first-order valence-corrected chi connectivity index (χ1v) is 5.02. The second-order valence-corrected chi connectivity index (χ2v) is 3.35. The van der Waals surface area contributed by atoms with E-state index < -0.39 is 5.97 Å². The number of aromatic carboxylic acids is 1. The second-order valence-electron chi connectivity index (χ2n) is 3.35. The predicted octanol–water partition coefficient (Wildman–Crippen LogP) is 2.18. The first kappa shape index (κ1) is 10.9. The number of benzene rings is 1. The molecule has 0 spiro atoms. The molecule has 82 valence electrons. The standard InChI is InChI=1S/C14H9NO2/c16-14(17)13-9-8-12(10-15-13)7-6-11-4-2-1-3-5-11/h1-5,8-10H,(H,16,17). The average Bonchev–Trinajstić information content (AvgIpc) is 2.38. The van der Waals surface area contributed by atoms with Gasteiger partial charge in [-0.1, -0.05) is 30.0 Å². The van der Waals surface area contributed by atoms with Crippen LogP contribution in [-0.2, 0) is 0 Å². The van der Waals surface area contributed by atoms with Crippen molar-refractivity contribution in [1.82, 2.24) is 4.98 Å². The minimum atomic E-state index is -1.03. The number of hydrogen-bond donors (Lipinski definition) is 1. The van der Waals surface area contributed by atoms with Crippen molar-refractivity contribution in [3.8, 4) is 11.8 Å². The van der Waals surface area contributed by atoms with E-state index in [2.05, 4.69) is 16.8 Å². The molecule has 3 nitrogen and oxygen atoms in total. The molecule has 0 atom stereocenters. The Hall–Kier alpha value is -2.60. The van der Waals surface area contributed by atoms with Crippen molar-refractivity contribution >= 4 is 5.97 Å². The highest BCUT2D eigenvalue weighted by atomic mass is 16.4. The van der Waals surface area contributed by atoms with Crippen molar-refractivity contribution in [3.05, 3.63) is 65.5 Å². The number of carboxylic acids is 1. The Bertz CT molecular complexity index is 577. The van der Waals surface area contributed by atoms with Crippen LogP contribution in [0.2, 0.25) is 0 Å².